The molecule has 0 atom stereocenters. The molecule has 0 amide bonds. The summed E-state index contributed by atoms with van der Waals surface area (Å²) in [5.41, 5.74) is 3.07. The number of hydrogen-bond acceptors (Lipinski definition) is 3. The van der Waals surface area contributed by atoms with E-state index >= 15 is 0 Å². The van der Waals surface area contributed by atoms with Crippen LogP contribution in [0.3, 0.4) is 0 Å². The number of ether oxygens (including phenoxy) is 1. The minimum atomic E-state index is -1.62. The van der Waals surface area contributed by atoms with Gasteiger partial charge in [0.05, 0.1) is 7.11 Å². The van der Waals surface area contributed by atoms with Gasteiger partial charge in [-0.15, -0.1) is 5.73 Å². The fourth-order valence-electron chi connectivity index (χ4n) is 1.13. The minimum Gasteiger partial charge on any atom is -0.469 e. The Hall–Kier alpha value is -0.833. The van der Waals surface area contributed by atoms with E-state index in [1.807, 2.05) is 12.2 Å². The lowest BCUT2D eigenvalue weighted by molar-refractivity contribution is -0.140. The van der Waals surface area contributed by atoms with Crippen LogP contribution in [0.4, 0.5) is 0 Å². The molecule has 110 valence electrons. The second-order valence-corrected chi connectivity index (χ2v) is 10.9. The molecule has 0 unspecified atom stereocenters. The standard InChI is InChI=1S/C15H28O3Si/c1-15(2,3)19(5,6)18-13-11-9-7-8-10-12-14(16)17-4/h8-9H,10-13H2,1-6H3. The van der Waals surface area contributed by atoms with Crippen LogP contribution in [-0.4, -0.2) is 28.0 Å². The summed E-state index contributed by atoms with van der Waals surface area (Å²) in [5.74, 6) is -0.181. The number of carbonyl (C=O) groups is 1. The molecular weight excluding hydrogens is 256 g/mol. The van der Waals surface area contributed by atoms with Crippen LogP contribution in [0.5, 0.6) is 0 Å². The van der Waals surface area contributed by atoms with Crippen LogP contribution in [-0.2, 0) is 14.0 Å². The molecule has 3 nitrogen and oxygen atoms in total. The highest BCUT2D eigenvalue weighted by atomic mass is 28.4. The van der Waals surface area contributed by atoms with Gasteiger partial charge in [0.2, 0.25) is 0 Å². The predicted molar refractivity (Wildman–Crippen MR) is 81.7 cm³/mol. The van der Waals surface area contributed by atoms with Crippen LogP contribution in [0.2, 0.25) is 18.1 Å². The molecule has 0 aromatic carbocycles. The molecule has 0 fully saturated rings. The molecule has 0 rings (SSSR count). The Morgan fingerprint density at radius 1 is 1.21 bits per heavy atom. The molecule has 0 radical (unpaired) electrons. The zero-order chi connectivity index (χ0) is 14.9. The first-order valence-corrected chi connectivity index (χ1v) is 9.71. The number of carbonyl (C=O) groups excluding carboxylic acids is 1. The summed E-state index contributed by atoms with van der Waals surface area (Å²) in [7, 11) is -0.216. The van der Waals surface area contributed by atoms with E-state index in [1.54, 1.807) is 0 Å². The van der Waals surface area contributed by atoms with Crippen molar-refractivity contribution in [1.82, 2.24) is 0 Å². The highest BCUT2D eigenvalue weighted by molar-refractivity contribution is 6.74. The SMILES string of the molecule is COC(=O)CCC=C=CCCO[Si](C)(C)C(C)(C)C. The van der Waals surface area contributed by atoms with Crippen LogP contribution in [0.15, 0.2) is 17.9 Å². The summed E-state index contributed by atoms with van der Waals surface area (Å²) in [6, 6.07) is 0. The van der Waals surface area contributed by atoms with Gasteiger partial charge in [-0.1, -0.05) is 20.8 Å². The molecule has 0 saturated heterocycles. The van der Waals surface area contributed by atoms with Crippen molar-refractivity contribution in [2.45, 2.75) is 58.2 Å². The largest absolute Gasteiger partial charge is 0.469 e. The van der Waals surface area contributed by atoms with Crippen molar-refractivity contribution in [2.75, 3.05) is 13.7 Å². The first-order valence-electron chi connectivity index (χ1n) is 6.81. The lowest BCUT2D eigenvalue weighted by Crippen LogP contribution is -2.40. The fraction of sp³-hybridized carbons (Fsp3) is 0.733. The smallest absolute Gasteiger partial charge is 0.305 e. The molecule has 0 N–H and O–H groups in total. The Bertz CT molecular complexity index is 334. The predicted octanol–water partition coefficient (Wildman–Crippen LogP) is 4.06. The third-order valence-electron chi connectivity index (χ3n) is 3.49. The average molecular weight is 284 g/mol. The van der Waals surface area contributed by atoms with Crippen LogP contribution in [0, 0.1) is 0 Å². The minimum absolute atomic E-state index is 0.181. The van der Waals surface area contributed by atoms with Gasteiger partial charge in [-0.05, 0) is 43.1 Å². The summed E-state index contributed by atoms with van der Waals surface area (Å²) in [4.78, 5) is 10.9. The monoisotopic (exact) mass is 284 g/mol. The zero-order valence-corrected chi connectivity index (χ0v) is 14.2. The number of hydrogen-bond donors (Lipinski definition) is 0. The van der Waals surface area contributed by atoms with Crippen molar-refractivity contribution in [3.05, 3.63) is 17.9 Å². The maximum absolute atomic E-state index is 10.9. The van der Waals surface area contributed by atoms with Gasteiger partial charge >= 0.3 is 5.97 Å². The van der Waals surface area contributed by atoms with Crippen LogP contribution in [0.1, 0.15) is 40.0 Å². The zero-order valence-electron chi connectivity index (χ0n) is 13.2. The Balaban J connectivity index is 3.86. The van der Waals surface area contributed by atoms with E-state index in [0.29, 0.717) is 12.8 Å². The van der Waals surface area contributed by atoms with Crippen molar-refractivity contribution in [2.24, 2.45) is 0 Å². The van der Waals surface area contributed by atoms with E-state index in [-0.39, 0.29) is 11.0 Å². The van der Waals surface area contributed by atoms with Crippen LogP contribution in [0.25, 0.3) is 0 Å². The van der Waals surface area contributed by atoms with Crippen molar-refractivity contribution in [3.8, 4) is 0 Å². The van der Waals surface area contributed by atoms with Gasteiger partial charge in [0.1, 0.15) is 0 Å². The first kappa shape index (κ1) is 18.2. The summed E-state index contributed by atoms with van der Waals surface area (Å²) >= 11 is 0. The molecule has 0 heterocycles. The second kappa shape index (κ2) is 8.36. The van der Waals surface area contributed by atoms with Crippen molar-refractivity contribution < 1.29 is 14.0 Å². The Kier molecular flexibility index (Phi) is 7.99. The van der Waals surface area contributed by atoms with E-state index in [2.05, 4.69) is 44.3 Å². The maximum atomic E-state index is 10.9. The lowest BCUT2D eigenvalue weighted by atomic mass is 10.2. The summed E-state index contributed by atoms with van der Waals surface area (Å²) in [6.45, 7) is 12.0. The summed E-state index contributed by atoms with van der Waals surface area (Å²) < 4.78 is 10.6. The molecule has 0 aromatic heterocycles. The van der Waals surface area contributed by atoms with Gasteiger partial charge in [-0.2, -0.15) is 0 Å². The quantitative estimate of drug-likeness (QED) is 0.306. The average Bonchev–Trinajstić information content (AvgIpc) is 2.30. The molecule has 4 heteroatoms. The summed E-state index contributed by atoms with van der Waals surface area (Å²) in [5, 5.41) is 0.257. The highest BCUT2D eigenvalue weighted by Crippen LogP contribution is 2.36. The van der Waals surface area contributed by atoms with E-state index in [9.17, 15) is 4.79 Å². The molecule has 0 aliphatic rings. The molecule has 0 aliphatic heterocycles. The van der Waals surface area contributed by atoms with Crippen LogP contribution < -0.4 is 0 Å². The fourth-order valence-corrected chi connectivity index (χ4v) is 2.19. The summed E-state index contributed by atoms with van der Waals surface area (Å²) in [6.07, 6.45) is 5.78. The van der Waals surface area contributed by atoms with Gasteiger partial charge in [0, 0.05) is 13.0 Å². The highest BCUT2D eigenvalue weighted by Gasteiger charge is 2.36. The van der Waals surface area contributed by atoms with E-state index in [4.69, 9.17) is 4.43 Å². The van der Waals surface area contributed by atoms with Gasteiger partial charge < -0.3 is 9.16 Å². The molecule has 0 bridgehead atoms. The lowest BCUT2D eigenvalue weighted by Gasteiger charge is -2.36. The van der Waals surface area contributed by atoms with Crippen molar-refractivity contribution >= 4 is 14.3 Å². The Morgan fingerprint density at radius 2 is 1.79 bits per heavy atom. The van der Waals surface area contributed by atoms with Gasteiger partial charge in [-0.3, -0.25) is 4.79 Å². The van der Waals surface area contributed by atoms with Crippen LogP contribution >= 0.6 is 0 Å². The Labute approximate surface area is 118 Å². The maximum Gasteiger partial charge on any atom is 0.305 e. The molecule has 0 aliphatic carbocycles. The van der Waals surface area contributed by atoms with Gasteiger partial charge in [0.25, 0.3) is 0 Å². The topological polar surface area (TPSA) is 35.5 Å². The normalized spacial score (nSPS) is 11.7. The van der Waals surface area contributed by atoms with Gasteiger partial charge in [-0.25, -0.2) is 0 Å². The number of esters is 1. The molecular formula is C15H28O3Si. The molecule has 0 spiro atoms. The number of methoxy groups -OCH3 is 1. The third kappa shape index (κ3) is 8.04. The first-order chi connectivity index (χ1) is 8.70. The number of rotatable bonds is 7. The van der Waals surface area contributed by atoms with E-state index in [0.717, 1.165) is 13.0 Å². The van der Waals surface area contributed by atoms with Gasteiger partial charge in [0.15, 0.2) is 8.32 Å². The van der Waals surface area contributed by atoms with Crippen molar-refractivity contribution in [3.63, 3.8) is 0 Å². The molecule has 0 aromatic rings. The Morgan fingerprint density at radius 3 is 2.32 bits per heavy atom. The molecule has 19 heavy (non-hydrogen) atoms. The molecule has 0 saturated carbocycles. The van der Waals surface area contributed by atoms with Crippen molar-refractivity contribution in [1.29, 1.82) is 0 Å². The van der Waals surface area contributed by atoms with E-state index < -0.39 is 8.32 Å². The second-order valence-electron chi connectivity index (χ2n) is 6.09. The third-order valence-corrected chi connectivity index (χ3v) is 8.03. The van der Waals surface area contributed by atoms with E-state index in [1.165, 1.54) is 7.11 Å².